The zero-order valence-corrected chi connectivity index (χ0v) is 10.5. The van der Waals surface area contributed by atoms with Gasteiger partial charge in [-0.15, -0.1) is 0 Å². The minimum absolute atomic E-state index is 0.0509. The Morgan fingerprint density at radius 1 is 0.765 bits per heavy atom. The van der Waals surface area contributed by atoms with Crippen LogP contribution in [0.15, 0.2) is 0 Å². The van der Waals surface area contributed by atoms with Crippen LogP contribution in [0.25, 0.3) is 0 Å². The fourth-order valence-corrected chi connectivity index (χ4v) is 1.15. The fourth-order valence-electron chi connectivity index (χ4n) is 0.546. The van der Waals surface area contributed by atoms with Crippen LogP contribution >= 0.6 is 7.26 Å². The second-order valence-electron chi connectivity index (χ2n) is 3.57. The summed E-state index contributed by atoms with van der Waals surface area (Å²) in [6.45, 7) is 0. The van der Waals surface area contributed by atoms with E-state index in [0.29, 0.717) is 0 Å². The van der Waals surface area contributed by atoms with E-state index in [0.717, 1.165) is 0 Å². The molecule has 8 N–H and O–H groups in total. The zero-order chi connectivity index (χ0) is 13.9. The second-order valence-corrected chi connectivity index (χ2v) is 7.83. The van der Waals surface area contributed by atoms with Crippen LogP contribution in [-0.2, 0) is 9.59 Å². The van der Waals surface area contributed by atoms with E-state index in [2.05, 4.69) is 0 Å². The topological polar surface area (TPSA) is 167 Å². The van der Waals surface area contributed by atoms with E-state index in [4.69, 9.17) is 31.9 Å². The first-order valence-electron chi connectivity index (χ1n) is 4.87. The Bertz CT molecular complexity index is 203. The van der Waals surface area contributed by atoms with E-state index >= 15 is 0 Å². The molecule has 0 saturated carbocycles. The summed E-state index contributed by atoms with van der Waals surface area (Å²) in [7, 11) is -2.47. The molecule has 2 amide bonds. The Kier molecular flexibility index (Phi) is 11.3. The summed E-state index contributed by atoms with van der Waals surface area (Å²) >= 11 is 0. The number of rotatable bonds is 7. The van der Waals surface area contributed by atoms with Crippen molar-refractivity contribution >= 4 is 19.1 Å². The Morgan fingerprint density at radius 2 is 1.00 bits per heavy atom. The number of amides is 2. The second kappa shape index (κ2) is 10.4. The van der Waals surface area contributed by atoms with E-state index in [1.807, 2.05) is 0 Å². The average Bonchev–Trinajstić information content (AvgIpc) is 2.31. The fraction of sp³-hybridized carbons (Fsp3) is 0.750. The molecule has 0 fully saturated rings. The minimum atomic E-state index is -2.47. The number of nitrogens with two attached hydrogens (primary N) is 2. The van der Waals surface area contributed by atoms with E-state index in [1.54, 1.807) is 0 Å². The van der Waals surface area contributed by atoms with Crippen LogP contribution in [0, 0.1) is 0 Å². The summed E-state index contributed by atoms with van der Waals surface area (Å²) in [5.41, 5.74) is 9.39. The van der Waals surface area contributed by atoms with Crippen molar-refractivity contribution in [2.75, 3.05) is 25.4 Å². The Morgan fingerprint density at radius 3 is 1.06 bits per heavy atom. The summed E-state index contributed by atoms with van der Waals surface area (Å²) < 4.78 is 0. The molecule has 0 aromatic carbocycles. The predicted molar refractivity (Wildman–Crippen MR) is 64.3 cm³/mol. The monoisotopic (exact) mass is 272 g/mol. The van der Waals surface area contributed by atoms with Gasteiger partial charge in [-0.05, 0) is 0 Å². The molecule has 0 heterocycles. The molecule has 0 atom stereocenters. The molecule has 0 aliphatic carbocycles. The molecule has 0 aliphatic rings. The van der Waals surface area contributed by atoms with Gasteiger partial charge in [0.2, 0.25) is 11.8 Å². The van der Waals surface area contributed by atoms with Gasteiger partial charge in [-0.1, -0.05) is 0 Å². The number of carbonyl (C=O) groups excluding carboxylic acids is 2. The standard InChI is InChI=1S/C4H8N2O2.C4H13O4P/c5-3(7)1-2-4(6)8;5-1-9(2-6,3-7)4-8/h1-2H2,(H2,5,7)(H2,6,8);5-9H,1-4H2. The molecule has 0 aliphatic heterocycles. The number of aliphatic hydroxyl groups excluding tert-OH is 4. The molecule has 104 valence electrons. The van der Waals surface area contributed by atoms with E-state index < -0.39 is 19.1 Å². The number of carbonyl (C=O) groups is 2. The number of hydrogen-bond acceptors (Lipinski definition) is 6. The van der Waals surface area contributed by atoms with Crippen LogP contribution in [0.4, 0.5) is 0 Å². The van der Waals surface area contributed by atoms with Crippen LogP contribution < -0.4 is 11.5 Å². The molecule has 0 bridgehead atoms. The van der Waals surface area contributed by atoms with Crippen molar-refractivity contribution < 1.29 is 30.0 Å². The summed E-state index contributed by atoms with van der Waals surface area (Å²) in [4.78, 5) is 19.8. The SMILES string of the molecule is NC(=O)CCC(N)=O.OC[PH](CO)(CO)CO. The number of aliphatic hydroxyl groups is 4. The van der Waals surface area contributed by atoms with Gasteiger partial charge in [0.15, 0.2) is 0 Å². The van der Waals surface area contributed by atoms with Gasteiger partial charge in [0.05, 0.1) is 0 Å². The van der Waals surface area contributed by atoms with Gasteiger partial charge in [0.1, 0.15) is 0 Å². The first-order valence-corrected chi connectivity index (χ1v) is 7.70. The molecule has 0 radical (unpaired) electrons. The van der Waals surface area contributed by atoms with Crippen LogP contribution in [0.5, 0.6) is 0 Å². The van der Waals surface area contributed by atoms with Crippen LogP contribution in [-0.4, -0.2) is 57.6 Å². The summed E-state index contributed by atoms with van der Waals surface area (Å²) in [6, 6.07) is 0. The van der Waals surface area contributed by atoms with Crippen molar-refractivity contribution in [3.8, 4) is 0 Å². The molecular formula is C8H21N2O6P. The molecule has 0 aromatic heterocycles. The molecule has 0 unspecified atom stereocenters. The van der Waals surface area contributed by atoms with Gasteiger partial charge in [-0.3, -0.25) is 9.59 Å². The molecule has 0 saturated heterocycles. The molecule has 0 aromatic rings. The van der Waals surface area contributed by atoms with Crippen molar-refractivity contribution in [2.45, 2.75) is 12.8 Å². The van der Waals surface area contributed by atoms with Crippen LogP contribution in [0.3, 0.4) is 0 Å². The van der Waals surface area contributed by atoms with Crippen molar-refractivity contribution in [3.05, 3.63) is 0 Å². The predicted octanol–water partition coefficient (Wildman–Crippen LogP) is -2.73. The quantitative estimate of drug-likeness (QED) is 0.275. The first kappa shape index (κ1) is 18.6. The van der Waals surface area contributed by atoms with Crippen molar-refractivity contribution in [3.63, 3.8) is 0 Å². The molecule has 8 nitrogen and oxygen atoms in total. The number of primary amides is 2. The van der Waals surface area contributed by atoms with Crippen molar-refractivity contribution in [1.29, 1.82) is 0 Å². The van der Waals surface area contributed by atoms with Gasteiger partial charge in [-0.2, -0.15) is 0 Å². The van der Waals surface area contributed by atoms with Gasteiger partial charge in [-0.25, -0.2) is 0 Å². The summed E-state index contributed by atoms with van der Waals surface area (Å²) in [6.07, 6.45) is -0.968. The van der Waals surface area contributed by atoms with Crippen LogP contribution in [0.2, 0.25) is 0 Å². The Hall–Kier alpha value is -0.790. The third-order valence-corrected chi connectivity index (χ3v) is 4.64. The van der Waals surface area contributed by atoms with E-state index in [9.17, 15) is 9.59 Å². The Labute approximate surface area is 99.6 Å². The van der Waals surface area contributed by atoms with E-state index in [1.165, 1.54) is 0 Å². The van der Waals surface area contributed by atoms with Crippen molar-refractivity contribution in [2.24, 2.45) is 11.5 Å². The van der Waals surface area contributed by atoms with Gasteiger partial charge in [0, 0.05) is 12.8 Å². The maximum atomic E-state index is 9.92. The van der Waals surface area contributed by atoms with E-state index in [-0.39, 0.29) is 38.2 Å². The summed E-state index contributed by atoms with van der Waals surface area (Å²) in [5, 5.41) is 34.2. The van der Waals surface area contributed by atoms with Gasteiger partial charge in [0.25, 0.3) is 0 Å². The molecular weight excluding hydrogens is 251 g/mol. The normalized spacial score (nSPS) is 11.3. The molecule has 9 heteroatoms. The third kappa shape index (κ3) is 10.1. The Balaban J connectivity index is 0. The maximum absolute atomic E-state index is 9.92. The number of hydrogen-bond donors (Lipinski definition) is 6. The van der Waals surface area contributed by atoms with Crippen LogP contribution in [0.1, 0.15) is 12.8 Å². The average molecular weight is 272 g/mol. The zero-order valence-electron chi connectivity index (χ0n) is 9.50. The molecule has 0 spiro atoms. The molecule has 17 heavy (non-hydrogen) atoms. The molecule has 0 rings (SSSR count). The third-order valence-electron chi connectivity index (χ3n) is 1.96. The summed E-state index contributed by atoms with van der Waals surface area (Å²) in [5.74, 6) is -0.993. The van der Waals surface area contributed by atoms with Gasteiger partial charge < -0.3 is 11.5 Å². The van der Waals surface area contributed by atoms with Crippen molar-refractivity contribution in [1.82, 2.24) is 0 Å². The van der Waals surface area contributed by atoms with Gasteiger partial charge >= 0.3 is 53.1 Å². The first-order chi connectivity index (χ1) is 7.87.